The van der Waals surface area contributed by atoms with Gasteiger partial charge < -0.3 is 15.2 Å². The van der Waals surface area contributed by atoms with E-state index in [1.807, 2.05) is 12.1 Å². The van der Waals surface area contributed by atoms with Crippen LogP contribution >= 0.6 is 0 Å². The summed E-state index contributed by atoms with van der Waals surface area (Å²) in [6, 6.07) is 18.6. The van der Waals surface area contributed by atoms with Gasteiger partial charge in [0.2, 0.25) is 0 Å². The first-order valence-corrected chi connectivity index (χ1v) is 10.4. The zero-order valence-electron chi connectivity index (χ0n) is 17.3. The first-order valence-electron chi connectivity index (χ1n) is 10.4. The summed E-state index contributed by atoms with van der Waals surface area (Å²) >= 11 is 0. The molecule has 1 aromatic heterocycles. The molecule has 1 saturated carbocycles. The summed E-state index contributed by atoms with van der Waals surface area (Å²) in [6.45, 7) is 0.0278. The molecule has 0 saturated heterocycles. The molecule has 2 aromatic carbocycles. The lowest BCUT2D eigenvalue weighted by Crippen LogP contribution is -2.46. The van der Waals surface area contributed by atoms with Crippen molar-refractivity contribution in [1.82, 2.24) is 9.55 Å². The Balaban J connectivity index is 1.43. The van der Waals surface area contributed by atoms with Crippen LogP contribution in [0.15, 0.2) is 77.7 Å². The van der Waals surface area contributed by atoms with Crippen molar-refractivity contribution in [3.8, 4) is 0 Å². The Kier molecular flexibility index (Phi) is 6.42. The lowest BCUT2D eigenvalue weighted by Gasteiger charge is -2.44. The van der Waals surface area contributed by atoms with Crippen molar-refractivity contribution in [2.45, 2.75) is 12.5 Å². The number of ether oxygens (including phenoxy) is 1. The molecule has 164 valence electrons. The maximum Gasteiger partial charge on any atom is 0.349 e. The number of hydrogen-bond donors (Lipinski definition) is 2. The molecule has 3 aromatic rings. The van der Waals surface area contributed by atoms with Crippen molar-refractivity contribution >= 4 is 17.7 Å². The van der Waals surface area contributed by atoms with Crippen molar-refractivity contribution in [2.75, 3.05) is 18.5 Å². The molecule has 32 heavy (non-hydrogen) atoms. The molecule has 1 heterocycles. The molecule has 0 unspecified atom stereocenters. The number of amides is 1. The number of aliphatic hydroxyl groups excluding tert-OH is 1. The van der Waals surface area contributed by atoms with Crippen LogP contribution in [0.1, 0.15) is 33.2 Å². The molecule has 1 amide bonds. The van der Waals surface area contributed by atoms with Gasteiger partial charge in [-0.3, -0.25) is 9.36 Å². The van der Waals surface area contributed by atoms with Crippen LogP contribution in [0.4, 0.5) is 5.82 Å². The van der Waals surface area contributed by atoms with Crippen LogP contribution in [0.3, 0.4) is 0 Å². The van der Waals surface area contributed by atoms with Gasteiger partial charge in [-0.1, -0.05) is 36.4 Å². The number of nitrogens with one attached hydrogen (secondary N) is 1. The minimum Gasteiger partial charge on any atom is -0.462 e. The predicted molar refractivity (Wildman–Crippen MR) is 117 cm³/mol. The second kappa shape index (κ2) is 9.57. The van der Waals surface area contributed by atoms with Crippen LogP contribution in [-0.2, 0) is 4.74 Å². The maximum absolute atomic E-state index is 12.6. The third kappa shape index (κ3) is 4.60. The quantitative estimate of drug-likeness (QED) is 0.554. The number of aliphatic hydroxyl groups is 1. The highest BCUT2D eigenvalue weighted by Gasteiger charge is 2.43. The number of benzene rings is 2. The number of carbonyl (C=O) groups is 2. The van der Waals surface area contributed by atoms with E-state index in [1.165, 1.54) is 4.57 Å². The van der Waals surface area contributed by atoms with Crippen LogP contribution in [0.25, 0.3) is 0 Å². The fourth-order valence-electron chi connectivity index (χ4n) is 3.90. The molecular weight excluding hydrogens is 410 g/mol. The van der Waals surface area contributed by atoms with Gasteiger partial charge >= 0.3 is 11.7 Å². The molecular formula is C24H23N3O5. The molecule has 1 aliphatic carbocycles. The van der Waals surface area contributed by atoms with E-state index in [2.05, 4.69) is 10.3 Å². The molecule has 1 aliphatic rings. The van der Waals surface area contributed by atoms with E-state index in [4.69, 9.17) is 4.74 Å². The number of aromatic nitrogens is 2. The van der Waals surface area contributed by atoms with Crippen molar-refractivity contribution < 1.29 is 19.4 Å². The minimum atomic E-state index is -0.517. The average molecular weight is 433 g/mol. The fourth-order valence-corrected chi connectivity index (χ4v) is 3.90. The van der Waals surface area contributed by atoms with Crippen molar-refractivity contribution in [3.63, 3.8) is 0 Å². The third-order valence-electron chi connectivity index (χ3n) is 5.76. The van der Waals surface area contributed by atoms with Gasteiger partial charge in [-0.25, -0.2) is 9.59 Å². The van der Waals surface area contributed by atoms with Crippen molar-refractivity contribution in [2.24, 2.45) is 11.8 Å². The van der Waals surface area contributed by atoms with E-state index in [9.17, 15) is 19.5 Å². The predicted octanol–water partition coefficient (Wildman–Crippen LogP) is 2.52. The molecule has 0 bridgehead atoms. The molecule has 8 nitrogen and oxygen atoms in total. The number of rotatable bonds is 7. The van der Waals surface area contributed by atoms with Gasteiger partial charge in [-0.15, -0.1) is 0 Å². The van der Waals surface area contributed by atoms with Gasteiger partial charge in [0, 0.05) is 30.3 Å². The SMILES string of the molecule is O=C(Nc1ccn([C@@H]2C[C@H](CO)[C@H]2COC(=O)c2ccccc2)c(=O)n1)c1ccccc1. The van der Waals surface area contributed by atoms with Crippen LogP contribution in [0.5, 0.6) is 0 Å². The Morgan fingerprint density at radius 3 is 2.31 bits per heavy atom. The van der Waals surface area contributed by atoms with Gasteiger partial charge in [-0.05, 0) is 42.7 Å². The van der Waals surface area contributed by atoms with Crippen LogP contribution in [-0.4, -0.2) is 39.7 Å². The first kappa shape index (κ1) is 21.5. The topological polar surface area (TPSA) is 111 Å². The molecule has 0 radical (unpaired) electrons. The Bertz CT molecular complexity index is 1150. The summed E-state index contributed by atoms with van der Waals surface area (Å²) in [4.78, 5) is 41.1. The number of carbonyl (C=O) groups excluding carboxylic acids is 2. The lowest BCUT2D eigenvalue weighted by atomic mass is 9.70. The van der Waals surface area contributed by atoms with E-state index in [-0.39, 0.29) is 42.8 Å². The summed E-state index contributed by atoms with van der Waals surface area (Å²) in [5, 5.41) is 12.3. The standard InChI is InChI=1S/C24H23N3O5/c28-14-18-13-20(19(18)15-32-23(30)17-9-5-2-6-10-17)27-12-11-21(26-24(27)31)25-22(29)16-7-3-1-4-8-16/h1-12,18-20,28H,13-15H2,(H,25,26,29,31)/t18-,19-,20-/m1/s1. The van der Waals surface area contributed by atoms with E-state index < -0.39 is 11.7 Å². The number of nitrogens with zero attached hydrogens (tertiary/aromatic N) is 2. The van der Waals surface area contributed by atoms with E-state index in [0.29, 0.717) is 17.5 Å². The van der Waals surface area contributed by atoms with Crippen molar-refractivity contribution in [1.29, 1.82) is 0 Å². The Labute approximate surface area is 184 Å². The van der Waals surface area contributed by atoms with Crippen LogP contribution in [0.2, 0.25) is 0 Å². The van der Waals surface area contributed by atoms with Gasteiger partial charge in [0.05, 0.1) is 12.2 Å². The second-order valence-electron chi connectivity index (χ2n) is 7.70. The average Bonchev–Trinajstić information content (AvgIpc) is 2.81. The van der Waals surface area contributed by atoms with Gasteiger partial charge in [0.1, 0.15) is 5.82 Å². The van der Waals surface area contributed by atoms with E-state index in [0.717, 1.165) is 0 Å². The number of esters is 1. The number of anilines is 1. The zero-order valence-corrected chi connectivity index (χ0v) is 17.3. The van der Waals surface area contributed by atoms with Crippen LogP contribution in [0, 0.1) is 11.8 Å². The summed E-state index contributed by atoms with van der Waals surface area (Å²) in [7, 11) is 0. The van der Waals surface area contributed by atoms with Crippen molar-refractivity contribution in [3.05, 3.63) is 94.5 Å². The Morgan fingerprint density at radius 1 is 1.03 bits per heavy atom. The molecule has 0 spiro atoms. The molecule has 0 aliphatic heterocycles. The molecule has 8 heteroatoms. The van der Waals surface area contributed by atoms with Gasteiger partial charge in [0.15, 0.2) is 0 Å². The van der Waals surface area contributed by atoms with E-state index >= 15 is 0 Å². The second-order valence-corrected chi connectivity index (χ2v) is 7.70. The molecule has 2 N–H and O–H groups in total. The summed E-state index contributed by atoms with van der Waals surface area (Å²) in [5.41, 5.74) is 0.390. The van der Waals surface area contributed by atoms with Gasteiger partial charge in [-0.2, -0.15) is 4.98 Å². The maximum atomic E-state index is 12.6. The third-order valence-corrected chi connectivity index (χ3v) is 5.76. The summed E-state index contributed by atoms with van der Waals surface area (Å²) in [6.07, 6.45) is 2.14. The normalized spacial score (nSPS) is 19.6. The lowest BCUT2D eigenvalue weighted by molar-refractivity contribution is -0.0239. The molecule has 1 fully saturated rings. The highest BCUT2D eigenvalue weighted by molar-refractivity contribution is 6.03. The summed E-state index contributed by atoms with van der Waals surface area (Å²) < 4.78 is 6.90. The zero-order chi connectivity index (χ0) is 22.5. The smallest absolute Gasteiger partial charge is 0.349 e. The Morgan fingerprint density at radius 2 is 1.69 bits per heavy atom. The highest BCUT2D eigenvalue weighted by atomic mass is 16.5. The Hall–Kier alpha value is -3.78. The monoisotopic (exact) mass is 433 g/mol. The molecule has 3 atom stereocenters. The molecule has 4 rings (SSSR count). The summed E-state index contributed by atoms with van der Waals surface area (Å²) in [5.74, 6) is -0.933. The fraction of sp³-hybridized carbons (Fsp3) is 0.250. The number of hydrogen-bond acceptors (Lipinski definition) is 6. The van der Waals surface area contributed by atoms with E-state index in [1.54, 1.807) is 60.8 Å². The largest absolute Gasteiger partial charge is 0.462 e. The van der Waals surface area contributed by atoms with Gasteiger partial charge in [0.25, 0.3) is 5.91 Å². The first-order chi connectivity index (χ1) is 15.6. The van der Waals surface area contributed by atoms with Crippen LogP contribution < -0.4 is 11.0 Å². The highest BCUT2D eigenvalue weighted by Crippen LogP contribution is 2.43. The minimum absolute atomic E-state index is 0.0581.